The van der Waals surface area contributed by atoms with Crippen molar-refractivity contribution in [1.29, 1.82) is 0 Å². The number of carbonyl (C=O) groups excluding carboxylic acids is 3. The lowest BCUT2D eigenvalue weighted by Crippen LogP contribution is -2.36. The number of carboxylic acids is 1. The van der Waals surface area contributed by atoms with Gasteiger partial charge in [-0.2, -0.15) is 52.7 Å². The van der Waals surface area contributed by atoms with Crippen LogP contribution < -0.4 is 9.80 Å². The Labute approximate surface area is 537 Å². The summed E-state index contributed by atoms with van der Waals surface area (Å²) in [4.78, 5) is 74.5. The van der Waals surface area contributed by atoms with Crippen molar-refractivity contribution in [2.45, 2.75) is 161 Å². The SMILES string of the molecule is CCN(CC1CCC(CC(=O)O)CC1)c1ncc(-c2cccn2C)nc1CN1C(=O)OC(c2cc(C(F)(F)F)cc(C(F)(F)F)c2)[C@@H]1C.CCOC(=O)CC1CCC(CN(CC)c2ncc(Br)nc2CN2C(=O)OC(c3cc(C(F)(F)F)cc(C(F)(F)F)c3)[C@@H]2C)CC1. The zero-order valence-corrected chi connectivity index (χ0v) is 53.3. The number of halogens is 13. The molecule has 2 saturated carbocycles. The topological polar surface area (TPSA) is 186 Å². The molecule has 2 saturated heterocycles. The fraction of sp³-hybridized carbons (Fsp3) is 0.556. The van der Waals surface area contributed by atoms with E-state index in [1.165, 1.54) is 29.8 Å². The van der Waals surface area contributed by atoms with Gasteiger partial charge in [0.1, 0.15) is 33.9 Å². The highest BCUT2D eigenvalue weighted by molar-refractivity contribution is 9.10. The zero-order chi connectivity index (χ0) is 68.1. The Bertz CT molecular complexity index is 3380. The molecular weight excluding hydrogens is 1320 g/mol. The van der Waals surface area contributed by atoms with Crippen LogP contribution in [0.2, 0.25) is 0 Å². The number of benzene rings is 2. The first-order valence-electron chi connectivity index (χ1n) is 30.5. The molecule has 2 aliphatic heterocycles. The van der Waals surface area contributed by atoms with Crippen LogP contribution in [0.15, 0.2) is 71.7 Å². The molecule has 0 spiro atoms. The van der Waals surface area contributed by atoms with E-state index in [4.69, 9.17) is 24.2 Å². The van der Waals surface area contributed by atoms with Crippen LogP contribution >= 0.6 is 15.9 Å². The standard InChI is InChI=1S/C33H37F6N5O4.C30H35BrF6N4O4/c1-4-43(17-21-9-7-20(8-10-21)12-28(45)46)30-26(41-25(16-40-30)27-6-5-11-42(27)3)18-44-19(2)29(48-31(44)47)22-13-23(32(34,35)36)15-24(14-22)33(37,38)39;1-4-40(15-19-8-6-18(7-9-19)10-25(42)44-5-2)27-23(39-24(31)14-38-27)16-41-17(3)26(45-28(41)43)20-11-21(29(32,33)34)13-22(12-20)30(35,36)37/h5-6,11,13-16,19-21,29H,4,7-10,12,17-18H2,1-3H3,(H,45,46);11-14,17-19,26H,4-10,15-16H2,1-3H3/t19-,20?,21?,29?;17-,18?,19?,26?/m00/s1. The smallest absolute Gasteiger partial charge is 0.416 e. The second kappa shape index (κ2) is 29.5. The van der Waals surface area contributed by atoms with Gasteiger partial charge in [0.05, 0.1) is 72.1 Å². The van der Waals surface area contributed by atoms with Crippen molar-refractivity contribution in [3.05, 3.63) is 116 Å². The Morgan fingerprint density at radius 2 is 1.01 bits per heavy atom. The number of carboxylic acid groups (broad SMARTS) is 1. The van der Waals surface area contributed by atoms with E-state index < -0.39 is 101 Å². The van der Waals surface area contributed by atoms with Crippen LogP contribution in [0.1, 0.15) is 156 Å². The van der Waals surface area contributed by atoms with Gasteiger partial charge >= 0.3 is 48.8 Å². The average Bonchev–Trinajstić information content (AvgIpc) is 1.72. The summed E-state index contributed by atoms with van der Waals surface area (Å²) in [6.07, 6.45) is -12.4. The summed E-state index contributed by atoms with van der Waals surface area (Å²) < 4.78 is 181. The molecule has 1 N–H and O–H groups in total. The highest BCUT2D eigenvalue weighted by Crippen LogP contribution is 2.45. The molecule has 93 heavy (non-hydrogen) atoms. The number of esters is 1. The number of aromatic nitrogens is 5. The van der Waals surface area contributed by atoms with Gasteiger partial charge in [0.25, 0.3) is 0 Å². The predicted octanol–water partition coefficient (Wildman–Crippen LogP) is 15.7. The van der Waals surface area contributed by atoms with Crippen LogP contribution in [0.4, 0.5) is 73.9 Å². The van der Waals surface area contributed by atoms with Crippen LogP contribution in [0.25, 0.3) is 11.4 Å². The summed E-state index contributed by atoms with van der Waals surface area (Å²) in [5.74, 6) is 1.01. The number of anilines is 2. The van der Waals surface area contributed by atoms with Gasteiger partial charge in [-0.3, -0.25) is 19.4 Å². The number of hydrogen-bond acceptors (Lipinski definition) is 13. The second-order valence-electron chi connectivity index (χ2n) is 24.0. The molecule has 2 aliphatic carbocycles. The summed E-state index contributed by atoms with van der Waals surface area (Å²) in [6.45, 7) is 11.1. The molecule has 3 aromatic heterocycles. The van der Waals surface area contributed by atoms with E-state index in [0.717, 1.165) is 57.1 Å². The summed E-state index contributed by atoms with van der Waals surface area (Å²) in [7, 11) is 1.83. The molecule has 9 rings (SSSR count). The highest BCUT2D eigenvalue weighted by atomic mass is 79.9. The Kier molecular flexibility index (Phi) is 22.7. The van der Waals surface area contributed by atoms with Gasteiger partial charge in [-0.1, -0.05) is 0 Å². The van der Waals surface area contributed by atoms with Crippen molar-refractivity contribution in [1.82, 2.24) is 34.3 Å². The lowest BCUT2D eigenvalue weighted by molar-refractivity contribution is -0.145. The summed E-state index contributed by atoms with van der Waals surface area (Å²) in [5, 5.41) is 9.17. The quantitative estimate of drug-likeness (QED) is 0.0441. The number of amides is 2. The maximum absolute atomic E-state index is 13.6. The third kappa shape index (κ3) is 17.9. The normalized spacial score (nSPS) is 22.1. The molecule has 508 valence electrons. The van der Waals surface area contributed by atoms with Gasteiger partial charge in [-0.05, 0) is 185 Å². The monoisotopic (exact) mass is 1390 g/mol. The molecule has 30 heteroatoms. The van der Waals surface area contributed by atoms with Crippen molar-refractivity contribution < 1.29 is 91.2 Å². The molecule has 5 aromatic rings. The van der Waals surface area contributed by atoms with Crippen molar-refractivity contribution in [2.75, 3.05) is 42.6 Å². The fourth-order valence-electron chi connectivity index (χ4n) is 12.6. The molecule has 2 amide bonds. The molecule has 5 heterocycles. The maximum atomic E-state index is 13.6. The van der Waals surface area contributed by atoms with Crippen molar-refractivity contribution in [3.63, 3.8) is 0 Å². The molecule has 2 aromatic carbocycles. The number of aryl methyl sites for hydroxylation is 1. The minimum absolute atomic E-state index is 0.0393. The van der Waals surface area contributed by atoms with Crippen LogP contribution in [-0.4, -0.2) is 108 Å². The molecule has 0 radical (unpaired) electrons. The van der Waals surface area contributed by atoms with E-state index >= 15 is 0 Å². The van der Waals surface area contributed by atoms with E-state index in [-0.39, 0.29) is 55.4 Å². The maximum Gasteiger partial charge on any atom is 0.416 e. The molecule has 17 nitrogen and oxygen atoms in total. The Hall–Kier alpha value is -7.40. The molecule has 0 bridgehead atoms. The third-order valence-corrected chi connectivity index (χ3v) is 18.0. The number of carbonyl (C=O) groups is 4. The molecule has 4 aliphatic rings. The van der Waals surface area contributed by atoms with Crippen LogP contribution in [0, 0.1) is 23.7 Å². The van der Waals surface area contributed by atoms with Gasteiger partial charge < -0.3 is 33.7 Å². The zero-order valence-electron chi connectivity index (χ0n) is 51.7. The largest absolute Gasteiger partial charge is 0.481 e. The molecule has 4 fully saturated rings. The average molecular weight is 1390 g/mol. The minimum atomic E-state index is -5.05. The van der Waals surface area contributed by atoms with E-state index in [1.807, 2.05) is 53.6 Å². The van der Waals surface area contributed by atoms with E-state index in [0.29, 0.717) is 103 Å². The lowest BCUT2D eigenvalue weighted by Gasteiger charge is -2.33. The number of hydrogen-bond donors (Lipinski definition) is 1. The van der Waals surface area contributed by atoms with Crippen LogP contribution in [0.5, 0.6) is 0 Å². The number of aliphatic carboxylic acids is 1. The molecule has 4 atom stereocenters. The second-order valence-corrected chi connectivity index (χ2v) is 24.8. The number of nitrogens with zero attached hydrogens (tertiary/aromatic N) is 9. The van der Waals surface area contributed by atoms with Crippen molar-refractivity contribution >= 4 is 51.7 Å². The minimum Gasteiger partial charge on any atom is -0.481 e. The van der Waals surface area contributed by atoms with Gasteiger partial charge in [0.2, 0.25) is 0 Å². The summed E-state index contributed by atoms with van der Waals surface area (Å²) in [5.41, 5.74) is -4.74. The summed E-state index contributed by atoms with van der Waals surface area (Å²) >= 11 is 3.31. The van der Waals surface area contributed by atoms with Crippen molar-refractivity contribution in [3.8, 4) is 11.4 Å². The fourth-order valence-corrected chi connectivity index (χ4v) is 12.9. The number of rotatable bonds is 20. The number of ether oxygens (including phenoxy) is 3. The lowest BCUT2D eigenvalue weighted by atomic mass is 9.80. The highest BCUT2D eigenvalue weighted by Gasteiger charge is 2.46. The van der Waals surface area contributed by atoms with Crippen LogP contribution in [-0.2, 0) is 68.6 Å². The first-order valence-corrected chi connectivity index (χ1v) is 31.3. The number of alkyl halides is 12. The Morgan fingerprint density at radius 3 is 1.39 bits per heavy atom. The van der Waals surface area contributed by atoms with Gasteiger partial charge in [-0.25, -0.2) is 29.5 Å². The van der Waals surface area contributed by atoms with E-state index in [9.17, 15) is 77.0 Å². The summed E-state index contributed by atoms with van der Waals surface area (Å²) in [6, 6.07) is 4.21. The predicted molar refractivity (Wildman–Crippen MR) is 318 cm³/mol. The Morgan fingerprint density at radius 1 is 0.613 bits per heavy atom. The van der Waals surface area contributed by atoms with E-state index in [1.54, 1.807) is 13.1 Å². The first kappa shape index (κ1) is 71.4. The molecule has 2 unspecified atom stereocenters. The molecular formula is C63H72BrF12N9O8. The third-order valence-electron chi connectivity index (χ3n) is 17.6. The Balaban J connectivity index is 0.000000240. The van der Waals surface area contributed by atoms with Gasteiger partial charge in [0.15, 0.2) is 11.6 Å². The van der Waals surface area contributed by atoms with Crippen LogP contribution in [0.3, 0.4) is 0 Å². The van der Waals surface area contributed by atoms with Gasteiger partial charge in [-0.15, -0.1) is 0 Å². The number of cyclic esters (lactones) is 2. The van der Waals surface area contributed by atoms with Crippen molar-refractivity contribution in [2.24, 2.45) is 30.7 Å². The van der Waals surface area contributed by atoms with E-state index in [2.05, 4.69) is 25.9 Å². The first-order chi connectivity index (χ1) is 43.6. The van der Waals surface area contributed by atoms with Gasteiger partial charge in [0, 0.05) is 52.3 Å².